The smallest absolute Gasteiger partial charge is 0.119 e. The van der Waals surface area contributed by atoms with Crippen molar-refractivity contribution in [3.8, 4) is 11.5 Å². The van der Waals surface area contributed by atoms with Crippen molar-refractivity contribution in [1.82, 2.24) is 0 Å². The molecule has 0 saturated heterocycles. The number of phenolic OH excluding ortho intramolecular Hbond substituents is 1. The minimum atomic E-state index is 0.311. The fourth-order valence-corrected chi connectivity index (χ4v) is 1.33. The van der Waals surface area contributed by atoms with Crippen LogP contribution < -0.4 is 10.5 Å². The molecular weight excluding hydrogens is 190 g/mol. The molecule has 0 aliphatic rings. The summed E-state index contributed by atoms with van der Waals surface area (Å²) in [5.74, 6) is 1.13. The third-order valence-corrected chi connectivity index (χ3v) is 2.29. The average Bonchev–Trinajstić information content (AvgIpc) is 2.23. The predicted octanol–water partition coefficient (Wildman–Crippen LogP) is 2.21. The van der Waals surface area contributed by atoms with Gasteiger partial charge in [0.15, 0.2) is 0 Å². The van der Waals surface area contributed by atoms with E-state index in [2.05, 4.69) is 0 Å². The van der Waals surface area contributed by atoms with Gasteiger partial charge in [0.2, 0.25) is 0 Å². The van der Waals surface area contributed by atoms with E-state index in [-0.39, 0.29) is 0 Å². The van der Waals surface area contributed by atoms with Crippen LogP contribution in [0.4, 0.5) is 0 Å². The van der Waals surface area contributed by atoms with E-state index in [1.807, 2.05) is 13.0 Å². The zero-order valence-electron chi connectivity index (χ0n) is 9.20. The normalized spacial score (nSPS) is 10.3. The van der Waals surface area contributed by atoms with Crippen LogP contribution in [0.3, 0.4) is 0 Å². The minimum absolute atomic E-state index is 0.311. The first-order chi connectivity index (χ1) is 7.24. The van der Waals surface area contributed by atoms with Gasteiger partial charge in [-0.05, 0) is 56.5 Å². The first-order valence-electron chi connectivity index (χ1n) is 5.36. The van der Waals surface area contributed by atoms with E-state index < -0.39 is 0 Å². The second-order valence-electron chi connectivity index (χ2n) is 3.65. The number of aryl methyl sites for hydroxylation is 1. The molecule has 0 bridgehead atoms. The molecule has 1 aromatic carbocycles. The van der Waals surface area contributed by atoms with Crippen LogP contribution >= 0.6 is 0 Å². The first-order valence-corrected chi connectivity index (χ1v) is 5.36. The molecule has 3 nitrogen and oxygen atoms in total. The van der Waals surface area contributed by atoms with E-state index in [4.69, 9.17) is 10.5 Å². The summed E-state index contributed by atoms with van der Waals surface area (Å²) in [5.41, 5.74) is 6.23. The maximum atomic E-state index is 9.32. The highest BCUT2D eigenvalue weighted by Gasteiger charge is 1.98. The highest BCUT2D eigenvalue weighted by Crippen LogP contribution is 2.21. The van der Waals surface area contributed by atoms with E-state index in [0.717, 1.165) is 37.1 Å². The summed E-state index contributed by atoms with van der Waals surface area (Å²) in [6.07, 6.45) is 3.18. The quantitative estimate of drug-likeness (QED) is 0.706. The lowest BCUT2D eigenvalue weighted by atomic mass is 10.2. The molecule has 3 heteroatoms. The maximum absolute atomic E-state index is 9.32. The molecule has 0 amide bonds. The molecule has 1 aromatic rings. The van der Waals surface area contributed by atoms with Crippen molar-refractivity contribution in [1.29, 1.82) is 0 Å². The SMILES string of the molecule is Cc1cc(OCCCCCN)ccc1O. The number of benzene rings is 1. The molecule has 0 fully saturated rings. The van der Waals surface area contributed by atoms with Gasteiger partial charge in [0.25, 0.3) is 0 Å². The van der Waals surface area contributed by atoms with Crippen LogP contribution in [0.2, 0.25) is 0 Å². The monoisotopic (exact) mass is 209 g/mol. The van der Waals surface area contributed by atoms with Crippen LogP contribution in [0.1, 0.15) is 24.8 Å². The van der Waals surface area contributed by atoms with Gasteiger partial charge in [0.1, 0.15) is 11.5 Å². The van der Waals surface area contributed by atoms with Gasteiger partial charge in [-0.15, -0.1) is 0 Å². The molecule has 0 aromatic heterocycles. The second kappa shape index (κ2) is 6.30. The predicted molar refractivity (Wildman–Crippen MR) is 61.2 cm³/mol. The Labute approximate surface area is 90.9 Å². The summed E-state index contributed by atoms with van der Waals surface area (Å²) >= 11 is 0. The van der Waals surface area contributed by atoms with Crippen molar-refractivity contribution in [2.45, 2.75) is 26.2 Å². The Morgan fingerprint density at radius 2 is 2.07 bits per heavy atom. The number of nitrogens with two attached hydrogens (primary N) is 1. The number of hydrogen-bond acceptors (Lipinski definition) is 3. The molecule has 3 N–H and O–H groups in total. The highest BCUT2D eigenvalue weighted by molar-refractivity contribution is 5.38. The highest BCUT2D eigenvalue weighted by atomic mass is 16.5. The molecule has 0 saturated carbocycles. The molecule has 0 spiro atoms. The third-order valence-electron chi connectivity index (χ3n) is 2.29. The van der Waals surface area contributed by atoms with Gasteiger partial charge in [-0.1, -0.05) is 0 Å². The van der Waals surface area contributed by atoms with Crippen LogP contribution in [0.5, 0.6) is 11.5 Å². The van der Waals surface area contributed by atoms with Crippen LogP contribution in [0, 0.1) is 6.92 Å². The van der Waals surface area contributed by atoms with Gasteiger partial charge in [0.05, 0.1) is 6.61 Å². The minimum Gasteiger partial charge on any atom is -0.508 e. The lowest BCUT2D eigenvalue weighted by molar-refractivity contribution is 0.305. The molecule has 0 radical (unpaired) electrons. The van der Waals surface area contributed by atoms with Gasteiger partial charge in [0, 0.05) is 0 Å². The van der Waals surface area contributed by atoms with Gasteiger partial charge < -0.3 is 15.6 Å². The molecule has 0 unspecified atom stereocenters. The van der Waals surface area contributed by atoms with Crippen LogP contribution in [-0.4, -0.2) is 18.3 Å². The third kappa shape index (κ3) is 4.21. The molecule has 0 aliphatic carbocycles. The molecular formula is C12H19NO2. The number of rotatable bonds is 6. The lowest BCUT2D eigenvalue weighted by Crippen LogP contribution is -2.01. The van der Waals surface area contributed by atoms with Crippen molar-refractivity contribution >= 4 is 0 Å². The standard InChI is InChI=1S/C12H19NO2/c1-10-9-11(5-6-12(10)14)15-8-4-2-3-7-13/h5-6,9,14H,2-4,7-8,13H2,1H3. The Morgan fingerprint density at radius 3 is 2.73 bits per heavy atom. The van der Waals surface area contributed by atoms with E-state index in [0.29, 0.717) is 12.4 Å². The summed E-state index contributed by atoms with van der Waals surface area (Å²) < 4.78 is 5.54. The molecule has 0 aliphatic heterocycles. The van der Waals surface area contributed by atoms with Crippen molar-refractivity contribution in [3.63, 3.8) is 0 Å². The second-order valence-corrected chi connectivity index (χ2v) is 3.65. The van der Waals surface area contributed by atoms with Crippen molar-refractivity contribution in [2.75, 3.05) is 13.2 Å². The van der Waals surface area contributed by atoms with E-state index in [1.165, 1.54) is 0 Å². The lowest BCUT2D eigenvalue weighted by Gasteiger charge is -2.07. The largest absolute Gasteiger partial charge is 0.508 e. The van der Waals surface area contributed by atoms with Crippen molar-refractivity contribution in [3.05, 3.63) is 23.8 Å². The Balaban J connectivity index is 2.28. The van der Waals surface area contributed by atoms with E-state index >= 15 is 0 Å². The van der Waals surface area contributed by atoms with Crippen LogP contribution in [-0.2, 0) is 0 Å². The summed E-state index contributed by atoms with van der Waals surface area (Å²) in [6, 6.07) is 5.29. The number of unbranched alkanes of at least 4 members (excludes halogenated alkanes) is 2. The zero-order chi connectivity index (χ0) is 11.1. The fourth-order valence-electron chi connectivity index (χ4n) is 1.33. The van der Waals surface area contributed by atoms with Crippen molar-refractivity contribution in [2.24, 2.45) is 5.73 Å². The van der Waals surface area contributed by atoms with Gasteiger partial charge in [-0.2, -0.15) is 0 Å². The van der Waals surface area contributed by atoms with Crippen LogP contribution in [0.25, 0.3) is 0 Å². The van der Waals surface area contributed by atoms with Gasteiger partial charge in [-0.3, -0.25) is 0 Å². The number of phenols is 1. The molecule has 84 valence electrons. The summed E-state index contributed by atoms with van der Waals surface area (Å²) in [7, 11) is 0. The Bertz CT molecular complexity index is 300. The summed E-state index contributed by atoms with van der Waals surface area (Å²) in [5, 5.41) is 9.32. The van der Waals surface area contributed by atoms with E-state index in [1.54, 1.807) is 12.1 Å². The van der Waals surface area contributed by atoms with E-state index in [9.17, 15) is 5.11 Å². The van der Waals surface area contributed by atoms with Crippen LogP contribution in [0.15, 0.2) is 18.2 Å². The molecule has 0 atom stereocenters. The zero-order valence-corrected chi connectivity index (χ0v) is 9.20. The average molecular weight is 209 g/mol. The number of aromatic hydroxyl groups is 1. The topological polar surface area (TPSA) is 55.5 Å². The first kappa shape index (κ1) is 11.9. The Hall–Kier alpha value is -1.22. The number of ether oxygens (including phenoxy) is 1. The summed E-state index contributed by atoms with van der Waals surface area (Å²) in [6.45, 7) is 3.32. The Morgan fingerprint density at radius 1 is 1.27 bits per heavy atom. The van der Waals surface area contributed by atoms with Gasteiger partial charge >= 0.3 is 0 Å². The molecule has 0 heterocycles. The van der Waals surface area contributed by atoms with Gasteiger partial charge in [-0.25, -0.2) is 0 Å². The summed E-state index contributed by atoms with van der Waals surface area (Å²) in [4.78, 5) is 0. The van der Waals surface area contributed by atoms with Crippen molar-refractivity contribution < 1.29 is 9.84 Å². The maximum Gasteiger partial charge on any atom is 0.119 e. The number of hydrogen-bond donors (Lipinski definition) is 2. The Kier molecular flexibility index (Phi) is 4.98. The molecule has 1 rings (SSSR count). The fraction of sp³-hybridized carbons (Fsp3) is 0.500. The molecule has 15 heavy (non-hydrogen) atoms.